The van der Waals surface area contributed by atoms with Crippen LogP contribution in [0.4, 0.5) is 0 Å². The molecule has 0 radical (unpaired) electrons. The molecule has 0 bridgehead atoms. The van der Waals surface area contributed by atoms with E-state index in [-0.39, 0.29) is 18.7 Å². The summed E-state index contributed by atoms with van der Waals surface area (Å²) in [5, 5.41) is 17.4. The third-order valence-electron chi connectivity index (χ3n) is 2.35. The van der Waals surface area contributed by atoms with Gasteiger partial charge in [0.05, 0.1) is 0 Å². The Labute approximate surface area is 108 Å². The van der Waals surface area contributed by atoms with Crippen molar-refractivity contribution in [2.75, 3.05) is 0 Å². The lowest BCUT2D eigenvalue weighted by atomic mass is 10.1. The van der Waals surface area contributed by atoms with E-state index in [1.54, 1.807) is 0 Å². The maximum Gasteiger partial charge on any atom is 0.326 e. The maximum absolute atomic E-state index is 11.7. The van der Waals surface area contributed by atoms with Gasteiger partial charge in [0.2, 0.25) is 11.7 Å². The second-order valence-corrected chi connectivity index (χ2v) is 3.83. The Hall–Kier alpha value is -2.45. The quantitative estimate of drug-likeness (QED) is 0.488. The zero-order chi connectivity index (χ0) is 14.4. The van der Waals surface area contributed by atoms with E-state index in [9.17, 15) is 14.4 Å². The first kappa shape index (κ1) is 14.6. The molecular weight excluding hydrogens is 254 g/mol. The molecule has 0 aliphatic rings. The van der Waals surface area contributed by atoms with Gasteiger partial charge in [-0.3, -0.25) is 14.7 Å². The summed E-state index contributed by atoms with van der Waals surface area (Å²) in [5.41, 5.74) is 4.93. The van der Waals surface area contributed by atoms with Crippen molar-refractivity contribution in [1.29, 1.82) is 0 Å². The average Bonchev–Trinajstić information content (AvgIpc) is 2.82. The van der Waals surface area contributed by atoms with E-state index in [1.807, 2.05) is 6.92 Å². The minimum atomic E-state index is -1.25. The Morgan fingerprint density at radius 3 is 2.63 bits per heavy atom. The molecule has 0 aliphatic carbocycles. The molecule has 1 heterocycles. The Morgan fingerprint density at radius 2 is 2.16 bits per heavy atom. The lowest BCUT2D eigenvalue weighted by Crippen LogP contribution is -2.41. The van der Waals surface area contributed by atoms with Crippen molar-refractivity contribution in [3.05, 3.63) is 11.6 Å². The fourth-order valence-electron chi connectivity index (χ4n) is 1.32. The highest BCUT2D eigenvalue weighted by Gasteiger charge is 2.23. The van der Waals surface area contributed by atoms with E-state index in [1.165, 1.54) is 0 Å². The molecule has 9 heteroatoms. The molecule has 1 rings (SSSR count). The van der Waals surface area contributed by atoms with Crippen LogP contribution in [0.3, 0.4) is 0 Å². The number of carbonyl (C=O) groups is 3. The zero-order valence-corrected chi connectivity index (χ0v) is 10.3. The standard InChI is InChI=1S/C10H15N5O4/c1-2-7-13-8(15-14-7)9(17)12-5(10(18)19)3-4-6(11)16/h5H,2-4H2,1H3,(H2,11,16)(H,12,17)(H,18,19)(H,13,14,15). The number of rotatable bonds is 7. The van der Waals surface area contributed by atoms with E-state index in [0.29, 0.717) is 12.2 Å². The highest BCUT2D eigenvalue weighted by atomic mass is 16.4. The Balaban J connectivity index is 2.65. The van der Waals surface area contributed by atoms with Crippen LogP contribution >= 0.6 is 0 Å². The number of amides is 2. The van der Waals surface area contributed by atoms with Gasteiger partial charge in [-0.2, -0.15) is 0 Å². The number of carboxylic acid groups (broad SMARTS) is 1. The number of hydrogen-bond donors (Lipinski definition) is 4. The largest absolute Gasteiger partial charge is 0.480 e. The van der Waals surface area contributed by atoms with Crippen LogP contribution in [-0.4, -0.2) is 44.1 Å². The molecule has 1 aromatic rings. The van der Waals surface area contributed by atoms with Crippen molar-refractivity contribution in [2.24, 2.45) is 5.73 Å². The lowest BCUT2D eigenvalue weighted by Gasteiger charge is -2.11. The molecule has 1 aromatic heterocycles. The van der Waals surface area contributed by atoms with E-state index in [0.717, 1.165) is 0 Å². The molecule has 9 nitrogen and oxygen atoms in total. The highest BCUT2D eigenvalue weighted by molar-refractivity contribution is 5.93. The van der Waals surface area contributed by atoms with Crippen molar-refractivity contribution in [3.63, 3.8) is 0 Å². The van der Waals surface area contributed by atoms with Crippen molar-refractivity contribution in [2.45, 2.75) is 32.2 Å². The summed E-state index contributed by atoms with van der Waals surface area (Å²) in [5.74, 6) is -2.21. The SMILES string of the molecule is CCc1nc(C(=O)NC(CCC(N)=O)C(=O)O)n[nH]1. The number of nitrogens with one attached hydrogen (secondary N) is 2. The molecule has 0 spiro atoms. The molecule has 19 heavy (non-hydrogen) atoms. The lowest BCUT2D eigenvalue weighted by molar-refractivity contribution is -0.139. The van der Waals surface area contributed by atoms with Crippen LogP contribution in [-0.2, 0) is 16.0 Å². The van der Waals surface area contributed by atoms with Crippen LogP contribution in [0.25, 0.3) is 0 Å². The predicted molar refractivity (Wildman–Crippen MR) is 63.1 cm³/mol. The number of aryl methyl sites for hydroxylation is 1. The number of carboxylic acids is 1. The first-order valence-corrected chi connectivity index (χ1v) is 5.67. The minimum absolute atomic E-state index is 0.0819. The van der Waals surface area contributed by atoms with Crippen LogP contribution < -0.4 is 11.1 Å². The second kappa shape index (κ2) is 6.47. The average molecular weight is 269 g/mol. The molecule has 5 N–H and O–H groups in total. The molecule has 0 saturated carbocycles. The van der Waals surface area contributed by atoms with Gasteiger partial charge in [-0.05, 0) is 6.42 Å². The molecule has 0 aromatic carbocycles. The van der Waals surface area contributed by atoms with Crippen LogP contribution in [0.15, 0.2) is 0 Å². The van der Waals surface area contributed by atoms with Gasteiger partial charge in [0.15, 0.2) is 0 Å². The van der Waals surface area contributed by atoms with Gasteiger partial charge in [-0.15, -0.1) is 5.10 Å². The van der Waals surface area contributed by atoms with Gasteiger partial charge in [-0.25, -0.2) is 9.78 Å². The summed E-state index contributed by atoms with van der Waals surface area (Å²) in [6.07, 6.45) is 0.358. The van der Waals surface area contributed by atoms with Crippen molar-refractivity contribution < 1.29 is 19.5 Å². The number of aromatic nitrogens is 3. The first-order chi connectivity index (χ1) is 8.93. The number of H-pyrrole nitrogens is 1. The van der Waals surface area contributed by atoms with E-state index < -0.39 is 23.8 Å². The number of nitrogens with zero attached hydrogens (tertiary/aromatic N) is 2. The Bertz CT molecular complexity index is 484. The number of nitrogens with two attached hydrogens (primary N) is 1. The number of hydrogen-bond acceptors (Lipinski definition) is 5. The molecule has 2 amide bonds. The topological polar surface area (TPSA) is 151 Å². The fourth-order valence-corrected chi connectivity index (χ4v) is 1.32. The normalized spacial score (nSPS) is 11.8. The predicted octanol–water partition coefficient (Wildman–Crippen LogP) is -1.18. The molecule has 1 atom stereocenters. The third-order valence-corrected chi connectivity index (χ3v) is 2.35. The van der Waals surface area contributed by atoms with Gasteiger partial charge in [-0.1, -0.05) is 6.92 Å². The third kappa shape index (κ3) is 4.37. The van der Waals surface area contributed by atoms with Crippen LogP contribution in [0.5, 0.6) is 0 Å². The van der Waals surface area contributed by atoms with Crippen molar-refractivity contribution in [3.8, 4) is 0 Å². The molecule has 0 saturated heterocycles. The van der Waals surface area contributed by atoms with Crippen LogP contribution in [0.1, 0.15) is 36.2 Å². The number of carbonyl (C=O) groups excluding carboxylic acids is 2. The van der Waals surface area contributed by atoms with Crippen molar-refractivity contribution in [1.82, 2.24) is 20.5 Å². The Kier molecular flexibility index (Phi) is 4.98. The number of aromatic amines is 1. The monoisotopic (exact) mass is 269 g/mol. The van der Waals surface area contributed by atoms with Gasteiger partial charge in [0.1, 0.15) is 11.9 Å². The summed E-state index contributed by atoms with van der Waals surface area (Å²) < 4.78 is 0. The number of primary amides is 1. The van der Waals surface area contributed by atoms with Gasteiger partial charge < -0.3 is 16.2 Å². The second-order valence-electron chi connectivity index (χ2n) is 3.83. The van der Waals surface area contributed by atoms with Crippen molar-refractivity contribution >= 4 is 17.8 Å². The number of aliphatic carboxylic acids is 1. The van der Waals surface area contributed by atoms with Gasteiger partial charge in [0.25, 0.3) is 5.91 Å². The summed E-state index contributed by atoms with van der Waals surface area (Å²) in [6, 6.07) is -1.21. The van der Waals surface area contributed by atoms with Gasteiger partial charge in [0, 0.05) is 12.8 Å². The smallest absolute Gasteiger partial charge is 0.326 e. The molecule has 0 aliphatic heterocycles. The van der Waals surface area contributed by atoms with E-state index in [4.69, 9.17) is 10.8 Å². The molecule has 0 fully saturated rings. The highest BCUT2D eigenvalue weighted by Crippen LogP contribution is 2.00. The Morgan fingerprint density at radius 1 is 1.47 bits per heavy atom. The molecule has 1 unspecified atom stereocenters. The summed E-state index contributed by atoms with van der Waals surface area (Å²) in [4.78, 5) is 37.1. The van der Waals surface area contributed by atoms with E-state index >= 15 is 0 Å². The summed E-state index contributed by atoms with van der Waals surface area (Å²) >= 11 is 0. The van der Waals surface area contributed by atoms with Crippen LogP contribution in [0.2, 0.25) is 0 Å². The van der Waals surface area contributed by atoms with Crippen LogP contribution in [0, 0.1) is 0 Å². The van der Waals surface area contributed by atoms with E-state index in [2.05, 4.69) is 20.5 Å². The first-order valence-electron chi connectivity index (χ1n) is 5.67. The summed E-state index contributed by atoms with van der Waals surface area (Å²) in [6.45, 7) is 1.83. The fraction of sp³-hybridized carbons (Fsp3) is 0.500. The molecular formula is C10H15N5O4. The summed E-state index contributed by atoms with van der Waals surface area (Å²) in [7, 11) is 0. The zero-order valence-electron chi connectivity index (χ0n) is 10.3. The van der Waals surface area contributed by atoms with Gasteiger partial charge >= 0.3 is 5.97 Å². The molecule has 104 valence electrons. The minimum Gasteiger partial charge on any atom is -0.480 e. The maximum atomic E-state index is 11.7.